The van der Waals surface area contributed by atoms with Crippen LogP contribution in [0.15, 0.2) is 29.1 Å². The Labute approximate surface area is 125 Å². The van der Waals surface area contributed by atoms with Crippen molar-refractivity contribution in [2.75, 3.05) is 19.6 Å². The highest BCUT2D eigenvalue weighted by molar-refractivity contribution is 5.77. The highest BCUT2D eigenvalue weighted by atomic mass is 16.1. The summed E-state index contributed by atoms with van der Waals surface area (Å²) in [5, 5.41) is 0.631. The van der Waals surface area contributed by atoms with Gasteiger partial charge in [-0.25, -0.2) is 4.98 Å². The molecule has 1 aromatic carbocycles. The lowest BCUT2D eigenvalue weighted by Crippen LogP contribution is -2.38. The molecular formula is C16H24N4O. The van der Waals surface area contributed by atoms with Crippen molar-refractivity contribution in [1.29, 1.82) is 0 Å². The first-order valence-electron chi connectivity index (χ1n) is 7.35. The van der Waals surface area contributed by atoms with Crippen LogP contribution in [0, 0.1) is 5.41 Å². The van der Waals surface area contributed by atoms with Crippen molar-refractivity contribution in [3.05, 3.63) is 40.4 Å². The number of aromatic amines is 1. The van der Waals surface area contributed by atoms with E-state index in [0.29, 0.717) is 24.3 Å². The normalized spacial score (nSPS) is 12.2. The van der Waals surface area contributed by atoms with E-state index in [4.69, 9.17) is 5.73 Å². The van der Waals surface area contributed by atoms with Crippen LogP contribution in [0.3, 0.4) is 0 Å². The number of nitrogens with one attached hydrogen (secondary N) is 1. The van der Waals surface area contributed by atoms with Crippen LogP contribution in [-0.2, 0) is 6.54 Å². The van der Waals surface area contributed by atoms with Gasteiger partial charge in [-0.15, -0.1) is 0 Å². The monoisotopic (exact) mass is 288 g/mol. The smallest absolute Gasteiger partial charge is 0.258 e. The quantitative estimate of drug-likeness (QED) is 0.849. The minimum absolute atomic E-state index is 0.0488. The number of hydrogen-bond donors (Lipinski definition) is 2. The standard InChI is InChI=1S/C16H24N4O/c1-4-20(11-16(2,3)10-17)9-14-18-13-8-6-5-7-12(13)15(21)19-14/h5-8H,4,9-11,17H2,1-3H3,(H,18,19,21). The molecule has 2 rings (SSSR count). The zero-order valence-corrected chi connectivity index (χ0v) is 13.0. The van der Waals surface area contributed by atoms with Crippen molar-refractivity contribution in [2.24, 2.45) is 11.1 Å². The fourth-order valence-electron chi connectivity index (χ4n) is 2.37. The molecule has 0 aliphatic rings. The number of rotatable bonds is 6. The molecule has 0 saturated carbocycles. The molecule has 0 atom stereocenters. The van der Waals surface area contributed by atoms with E-state index >= 15 is 0 Å². The van der Waals surface area contributed by atoms with Gasteiger partial charge in [0.15, 0.2) is 0 Å². The van der Waals surface area contributed by atoms with Gasteiger partial charge in [-0.05, 0) is 30.6 Å². The van der Waals surface area contributed by atoms with Crippen molar-refractivity contribution in [3.63, 3.8) is 0 Å². The first-order valence-corrected chi connectivity index (χ1v) is 7.35. The molecule has 1 heterocycles. The Hall–Kier alpha value is -1.72. The van der Waals surface area contributed by atoms with Crippen LogP contribution >= 0.6 is 0 Å². The maximum absolute atomic E-state index is 12.1. The van der Waals surface area contributed by atoms with Crippen LogP contribution in [0.1, 0.15) is 26.6 Å². The van der Waals surface area contributed by atoms with Crippen molar-refractivity contribution >= 4 is 10.9 Å². The van der Waals surface area contributed by atoms with Gasteiger partial charge in [0.05, 0.1) is 17.4 Å². The van der Waals surface area contributed by atoms with Crippen LogP contribution in [0.5, 0.6) is 0 Å². The maximum Gasteiger partial charge on any atom is 0.258 e. The Morgan fingerprint density at radius 3 is 2.71 bits per heavy atom. The van der Waals surface area contributed by atoms with Crippen LogP contribution in [-0.4, -0.2) is 34.5 Å². The summed E-state index contributed by atoms with van der Waals surface area (Å²) in [4.78, 5) is 21.8. The Bertz CT molecular complexity index is 663. The van der Waals surface area contributed by atoms with E-state index < -0.39 is 0 Å². The Morgan fingerprint density at radius 1 is 1.33 bits per heavy atom. The summed E-state index contributed by atoms with van der Waals surface area (Å²) >= 11 is 0. The molecule has 0 unspecified atom stereocenters. The molecule has 5 nitrogen and oxygen atoms in total. The third-order valence-electron chi connectivity index (χ3n) is 3.69. The largest absolute Gasteiger partial charge is 0.330 e. The number of hydrogen-bond acceptors (Lipinski definition) is 4. The predicted molar refractivity (Wildman–Crippen MR) is 86.2 cm³/mol. The van der Waals surface area contributed by atoms with Crippen molar-refractivity contribution in [3.8, 4) is 0 Å². The van der Waals surface area contributed by atoms with Crippen molar-refractivity contribution < 1.29 is 0 Å². The van der Waals surface area contributed by atoms with Crippen LogP contribution in [0.4, 0.5) is 0 Å². The van der Waals surface area contributed by atoms with Gasteiger partial charge in [-0.2, -0.15) is 0 Å². The van der Waals surface area contributed by atoms with E-state index in [1.165, 1.54) is 0 Å². The maximum atomic E-state index is 12.1. The molecule has 1 aromatic heterocycles. The van der Waals surface area contributed by atoms with Gasteiger partial charge in [-0.3, -0.25) is 9.69 Å². The number of fused-ring (bicyclic) bond motifs is 1. The lowest BCUT2D eigenvalue weighted by Gasteiger charge is -2.30. The molecule has 5 heteroatoms. The van der Waals surface area contributed by atoms with Gasteiger partial charge < -0.3 is 10.7 Å². The highest BCUT2D eigenvalue weighted by Crippen LogP contribution is 2.16. The zero-order valence-electron chi connectivity index (χ0n) is 13.0. The number of nitrogens with zero attached hydrogens (tertiary/aromatic N) is 2. The zero-order chi connectivity index (χ0) is 15.5. The SMILES string of the molecule is CCN(Cc1nc2ccccc2c(=O)[nH]1)CC(C)(C)CN. The molecule has 0 radical (unpaired) electrons. The number of nitrogens with two attached hydrogens (primary N) is 1. The lowest BCUT2D eigenvalue weighted by atomic mass is 9.93. The van der Waals surface area contributed by atoms with Gasteiger partial charge in [0.25, 0.3) is 5.56 Å². The third-order valence-corrected chi connectivity index (χ3v) is 3.69. The molecule has 0 amide bonds. The fraction of sp³-hybridized carbons (Fsp3) is 0.500. The van der Waals surface area contributed by atoms with Gasteiger partial charge in [0.2, 0.25) is 0 Å². The molecule has 0 aliphatic carbocycles. The van der Waals surface area contributed by atoms with Crippen molar-refractivity contribution in [2.45, 2.75) is 27.3 Å². The Morgan fingerprint density at radius 2 is 2.05 bits per heavy atom. The van der Waals surface area contributed by atoms with E-state index in [0.717, 1.165) is 18.6 Å². The average Bonchev–Trinajstić information content (AvgIpc) is 2.46. The molecule has 0 saturated heterocycles. The highest BCUT2D eigenvalue weighted by Gasteiger charge is 2.20. The Kier molecular flexibility index (Phi) is 4.75. The first-order chi connectivity index (χ1) is 9.95. The molecule has 0 fully saturated rings. The van der Waals surface area contributed by atoms with Gasteiger partial charge in [0, 0.05) is 6.54 Å². The van der Waals surface area contributed by atoms with E-state index in [1.54, 1.807) is 6.07 Å². The number of benzene rings is 1. The van der Waals surface area contributed by atoms with E-state index in [2.05, 4.69) is 35.6 Å². The van der Waals surface area contributed by atoms with Crippen LogP contribution in [0.25, 0.3) is 10.9 Å². The average molecular weight is 288 g/mol. The topological polar surface area (TPSA) is 75.0 Å². The lowest BCUT2D eigenvalue weighted by molar-refractivity contribution is 0.180. The summed E-state index contributed by atoms with van der Waals surface area (Å²) < 4.78 is 0. The first kappa shape index (κ1) is 15.7. The summed E-state index contributed by atoms with van der Waals surface area (Å²) in [5.74, 6) is 0.702. The molecule has 114 valence electrons. The fourth-order valence-corrected chi connectivity index (χ4v) is 2.37. The second-order valence-corrected chi connectivity index (χ2v) is 6.20. The van der Waals surface area contributed by atoms with Gasteiger partial charge in [0.1, 0.15) is 5.82 Å². The molecular weight excluding hydrogens is 264 g/mol. The predicted octanol–water partition coefficient (Wildman–Crippen LogP) is 1.73. The molecule has 21 heavy (non-hydrogen) atoms. The van der Waals surface area contributed by atoms with Crippen molar-refractivity contribution in [1.82, 2.24) is 14.9 Å². The summed E-state index contributed by atoms with van der Waals surface area (Å²) in [5.41, 5.74) is 6.51. The number of para-hydroxylation sites is 1. The summed E-state index contributed by atoms with van der Waals surface area (Å²) in [7, 11) is 0. The summed E-state index contributed by atoms with van der Waals surface area (Å²) in [6, 6.07) is 7.41. The van der Waals surface area contributed by atoms with E-state index in [-0.39, 0.29) is 11.0 Å². The number of H-pyrrole nitrogens is 1. The minimum atomic E-state index is -0.0789. The minimum Gasteiger partial charge on any atom is -0.330 e. The van der Waals surface area contributed by atoms with Crippen LogP contribution < -0.4 is 11.3 Å². The second kappa shape index (κ2) is 6.37. The van der Waals surface area contributed by atoms with E-state index in [9.17, 15) is 4.79 Å². The summed E-state index contributed by atoms with van der Waals surface area (Å²) in [6.07, 6.45) is 0. The molecule has 2 aromatic rings. The summed E-state index contributed by atoms with van der Waals surface area (Å²) in [6.45, 7) is 9.41. The van der Waals surface area contributed by atoms with Crippen LogP contribution in [0.2, 0.25) is 0 Å². The molecule has 3 N–H and O–H groups in total. The molecule has 0 bridgehead atoms. The molecule has 0 spiro atoms. The van der Waals surface area contributed by atoms with E-state index in [1.807, 2.05) is 18.2 Å². The second-order valence-electron chi connectivity index (χ2n) is 6.20. The molecule has 0 aliphatic heterocycles. The number of aromatic nitrogens is 2. The Balaban J connectivity index is 2.24. The van der Waals surface area contributed by atoms with Gasteiger partial charge in [-0.1, -0.05) is 32.9 Å². The third kappa shape index (κ3) is 3.89. The van der Waals surface area contributed by atoms with Gasteiger partial charge >= 0.3 is 0 Å².